The number of aromatic nitrogens is 5. The van der Waals surface area contributed by atoms with Gasteiger partial charge in [-0.3, -0.25) is 9.97 Å². The van der Waals surface area contributed by atoms with E-state index in [1.807, 2.05) is 42.5 Å². The Morgan fingerprint density at radius 2 is 1.71 bits per heavy atom. The molecule has 1 aromatic carbocycles. The molecule has 4 aromatic rings. The van der Waals surface area contributed by atoms with Crippen LogP contribution >= 0.6 is 0 Å². The molecule has 1 N–H and O–H groups in total. The highest BCUT2D eigenvalue weighted by atomic mass is 16.4. The predicted octanol–water partition coefficient (Wildman–Crippen LogP) is 3.40. The molecule has 152 valence electrons. The summed E-state index contributed by atoms with van der Waals surface area (Å²) in [5.74, 6) is 0.727. The predicted molar refractivity (Wildman–Crippen MR) is 113 cm³/mol. The molecule has 1 aliphatic rings. The lowest BCUT2D eigenvalue weighted by atomic mass is 9.77. The summed E-state index contributed by atoms with van der Waals surface area (Å²) in [6, 6.07) is 15.9. The van der Waals surface area contributed by atoms with Gasteiger partial charge in [0.1, 0.15) is 11.1 Å². The van der Waals surface area contributed by atoms with E-state index >= 15 is 0 Å². The molecular formula is C23H19N7O. The van der Waals surface area contributed by atoms with Gasteiger partial charge in [-0.1, -0.05) is 18.2 Å². The topological polar surface area (TPSA) is 113 Å². The Morgan fingerprint density at radius 3 is 2.52 bits per heavy atom. The molecule has 0 amide bonds. The zero-order chi connectivity index (χ0) is 21.1. The molecule has 0 saturated carbocycles. The van der Waals surface area contributed by atoms with Gasteiger partial charge in [-0.15, -0.1) is 10.2 Å². The van der Waals surface area contributed by atoms with E-state index in [2.05, 4.69) is 36.5 Å². The normalized spacial score (nSPS) is 15.3. The number of pyridine rings is 1. The highest BCUT2D eigenvalue weighted by Gasteiger charge is 2.35. The van der Waals surface area contributed by atoms with E-state index in [-0.39, 0.29) is 0 Å². The first kappa shape index (κ1) is 19.0. The van der Waals surface area contributed by atoms with Crippen LogP contribution in [0, 0.1) is 11.3 Å². The SMILES string of the molecule is N#CC1(c2cc(-c3cncc(-c4nnc(-c5ccccc5)o4)n3)ccn2)CCNCC1. The summed E-state index contributed by atoms with van der Waals surface area (Å²) in [6.07, 6.45) is 6.46. The van der Waals surface area contributed by atoms with E-state index in [0.29, 0.717) is 23.2 Å². The van der Waals surface area contributed by atoms with Crippen LogP contribution in [0.2, 0.25) is 0 Å². The van der Waals surface area contributed by atoms with Crippen molar-refractivity contribution in [3.8, 4) is 40.4 Å². The number of hydrogen-bond donors (Lipinski definition) is 1. The Bertz CT molecular complexity index is 1240. The Morgan fingerprint density at radius 1 is 0.935 bits per heavy atom. The van der Waals surface area contributed by atoms with Crippen LogP contribution < -0.4 is 5.32 Å². The highest BCUT2D eigenvalue weighted by molar-refractivity contribution is 5.62. The summed E-state index contributed by atoms with van der Waals surface area (Å²) >= 11 is 0. The molecule has 1 fully saturated rings. The molecule has 5 rings (SSSR count). The van der Waals surface area contributed by atoms with Crippen molar-refractivity contribution >= 4 is 0 Å². The maximum Gasteiger partial charge on any atom is 0.268 e. The third-order valence-corrected chi connectivity index (χ3v) is 5.52. The standard InChI is InChI=1S/C23H19N7O/c24-15-23(7-10-25-11-8-23)20-12-17(6-9-27-20)18-13-26-14-19(28-18)22-30-29-21(31-22)16-4-2-1-3-5-16/h1-6,9,12-14,25H,7-8,10-11H2. The van der Waals surface area contributed by atoms with E-state index in [4.69, 9.17) is 4.42 Å². The summed E-state index contributed by atoms with van der Waals surface area (Å²) in [5.41, 5.74) is 3.02. The molecule has 3 aromatic heterocycles. The Kier molecular flexibility index (Phi) is 4.94. The van der Waals surface area contributed by atoms with Crippen molar-refractivity contribution in [3.63, 3.8) is 0 Å². The minimum Gasteiger partial charge on any atom is -0.415 e. The van der Waals surface area contributed by atoms with Gasteiger partial charge in [0.25, 0.3) is 5.89 Å². The average molecular weight is 409 g/mol. The van der Waals surface area contributed by atoms with Crippen LogP contribution in [0.4, 0.5) is 0 Å². The maximum absolute atomic E-state index is 9.87. The van der Waals surface area contributed by atoms with E-state index in [1.165, 1.54) is 0 Å². The van der Waals surface area contributed by atoms with Crippen molar-refractivity contribution in [1.29, 1.82) is 5.26 Å². The van der Waals surface area contributed by atoms with Crippen molar-refractivity contribution in [3.05, 3.63) is 66.7 Å². The van der Waals surface area contributed by atoms with Gasteiger partial charge in [0, 0.05) is 17.3 Å². The van der Waals surface area contributed by atoms with Gasteiger partial charge in [-0.2, -0.15) is 5.26 Å². The molecule has 4 heterocycles. The van der Waals surface area contributed by atoms with E-state index in [1.54, 1.807) is 18.6 Å². The van der Waals surface area contributed by atoms with E-state index < -0.39 is 5.41 Å². The van der Waals surface area contributed by atoms with Gasteiger partial charge in [-0.25, -0.2) is 4.98 Å². The maximum atomic E-state index is 9.87. The summed E-state index contributed by atoms with van der Waals surface area (Å²) in [6.45, 7) is 1.60. The summed E-state index contributed by atoms with van der Waals surface area (Å²) in [4.78, 5) is 13.5. The molecule has 1 aliphatic heterocycles. The second kappa shape index (κ2) is 8.05. The smallest absolute Gasteiger partial charge is 0.268 e. The molecular weight excluding hydrogens is 390 g/mol. The fourth-order valence-corrected chi connectivity index (χ4v) is 3.76. The first-order valence-electron chi connectivity index (χ1n) is 10.1. The van der Waals surface area contributed by atoms with Crippen LogP contribution in [0.15, 0.2) is 65.5 Å². The van der Waals surface area contributed by atoms with Crippen LogP contribution in [0.25, 0.3) is 34.3 Å². The number of piperidine rings is 1. The second-order valence-corrected chi connectivity index (χ2v) is 7.44. The van der Waals surface area contributed by atoms with Gasteiger partial charge < -0.3 is 9.73 Å². The zero-order valence-electron chi connectivity index (χ0n) is 16.7. The fraction of sp³-hybridized carbons (Fsp3) is 0.217. The lowest BCUT2D eigenvalue weighted by molar-refractivity contribution is 0.375. The average Bonchev–Trinajstić information content (AvgIpc) is 3.36. The molecule has 31 heavy (non-hydrogen) atoms. The molecule has 0 atom stereocenters. The van der Waals surface area contributed by atoms with Gasteiger partial charge in [0.05, 0.1) is 29.9 Å². The van der Waals surface area contributed by atoms with Crippen molar-refractivity contribution in [2.75, 3.05) is 13.1 Å². The van der Waals surface area contributed by atoms with Crippen molar-refractivity contribution in [1.82, 2.24) is 30.5 Å². The minimum atomic E-state index is -0.580. The number of nitriles is 1. The molecule has 0 bridgehead atoms. The highest BCUT2D eigenvalue weighted by Crippen LogP contribution is 2.33. The van der Waals surface area contributed by atoms with E-state index in [9.17, 15) is 5.26 Å². The van der Waals surface area contributed by atoms with Gasteiger partial charge in [0.15, 0.2) is 0 Å². The van der Waals surface area contributed by atoms with Crippen LogP contribution in [0.5, 0.6) is 0 Å². The third-order valence-electron chi connectivity index (χ3n) is 5.52. The largest absolute Gasteiger partial charge is 0.415 e. The number of nitrogens with zero attached hydrogens (tertiary/aromatic N) is 6. The molecule has 8 heteroatoms. The first-order chi connectivity index (χ1) is 15.3. The number of rotatable bonds is 4. The van der Waals surface area contributed by atoms with Crippen LogP contribution in [-0.2, 0) is 5.41 Å². The van der Waals surface area contributed by atoms with Crippen molar-refractivity contribution in [2.45, 2.75) is 18.3 Å². The number of benzene rings is 1. The molecule has 0 unspecified atom stereocenters. The number of nitrogens with one attached hydrogen (secondary N) is 1. The Labute approximate surface area is 179 Å². The van der Waals surface area contributed by atoms with Crippen LogP contribution in [-0.4, -0.2) is 38.2 Å². The second-order valence-electron chi connectivity index (χ2n) is 7.44. The van der Waals surface area contributed by atoms with Crippen molar-refractivity contribution < 1.29 is 4.42 Å². The third kappa shape index (κ3) is 3.67. The van der Waals surface area contributed by atoms with Crippen molar-refractivity contribution in [2.24, 2.45) is 0 Å². The Hall–Kier alpha value is -3.96. The molecule has 0 radical (unpaired) electrons. The molecule has 1 saturated heterocycles. The molecule has 0 aliphatic carbocycles. The lowest BCUT2D eigenvalue weighted by Crippen LogP contribution is -2.39. The number of hydrogen-bond acceptors (Lipinski definition) is 8. The molecule has 0 spiro atoms. The minimum absolute atomic E-state index is 0.300. The quantitative estimate of drug-likeness (QED) is 0.546. The fourth-order valence-electron chi connectivity index (χ4n) is 3.76. The zero-order valence-corrected chi connectivity index (χ0v) is 16.7. The summed E-state index contributed by atoms with van der Waals surface area (Å²) < 4.78 is 5.81. The van der Waals surface area contributed by atoms with Gasteiger partial charge >= 0.3 is 0 Å². The summed E-state index contributed by atoms with van der Waals surface area (Å²) in [7, 11) is 0. The Balaban J connectivity index is 1.48. The van der Waals surface area contributed by atoms with E-state index in [0.717, 1.165) is 42.8 Å². The van der Waals surface area contributed by atoms with Gasteiger partial charge in [-0.05, 0) is 50.2 Å². The van der Waals surface area contributed by atoms with Crippen LogP contribution in [0.3, 0.4) is 0 Å². The van der Waals surface area contributed by atoms with Gasteiger partial charge in [0.2, 0.25) is 5.89 Å². The molecule has 8 nitrogen and oxygen atoms in total. The first-order valence-corrected chi connectivity index (χ1v) is 10.1. The lowest BCUT2D eigenvalue weighted by Gasteiger charge is -2.30. The monoisotopic (exact) mass is 409 g/mol. The van der Waals surface area contributed by atoms with Crippen LogP contribution in [0.1, 0.15) is 18.5 Å². The summed E-state index contributed by atoms with van der Waals surface area (Å²) in [5, 5.41) is 21.4.